The summed E-state index contributed by atoms with van der Waals surface area (Å²) in [5.74, 6) is -2.74. The lowest BCUT2D eigenvalue weighted by atomic mass is 10.1. The monoisotopic (exact) mass is 190 g/mol. The van der Waals surface area contributed by atoms with Crippen LogP contribution in [0.4, 0.5) is 8.78 Å². The van der Waals surface area contributed by atoms with Gasteiger partial charge < -0.3 is 5.32 Å². The van der Waals surface area contributed by atoms with E-state index in [9.17, 15) is 13.6 Å². The number of halogens is 2. The average Bonchev–Trinajstić information content (AvgIpc) is 2.00. The van der Waals surface area contributed by atoms with Crippen molar-refractivity contribution in [3.05, 3.63) is 12.2 Å². The smallest absolute Gasteiger partial charge is 0.272 e. The second kappa shape index (κ2) is 3.83. The predicted molar refractivity (Wildman–Crippen MR) is 44.6 cm³/mol. The molecular formula is C8H12F2N2O. The maximum absolute atomic E-state index is 12.3. The van der Waals surface area contributed by atoms with Gasteiger partial charge >= 0.3 is 0 Å². The van der Waals surface area contributed by atoms with Gasteiger partial charge in [-0.1, -0.05) is 6.08 Å². The van der Waals surface area contributed by atoms with Crippen LogP contribution in [0.2, 0.25) is 0 Å². The number of hydrogen-bond acceptors (Lipinski definition) is 2. The van der Waals surface area contributed by atoms with E-state index in [2.05, 4.69) is 5.32 Å². The van der Waals surface area contributed by atoms with Crippen LogP contribution in [-0.4, -0.2) is 43.4 Å². The van der Waals surface area contributed by atoms with Crippen LogP contribution in [0.5, 0.6) is 0 Å². The molecule has 0 aromatic rings. The van der Waals surface area contributed by atoms with Crippen LogP contribution < -0.4 is 5.32 Å². The van der Waals surface area contributed by atoms with Gasteiger partial charge in [-0.25, -0.2) is 8.78 Å². The Balaban J connectivity index is 2.15. The lowest BCUT2D eigenvalue weighted by Gasteiger charge is -2.37. The van der Waals surface area contributed by atoms with Crippen molar-refractivity contribution in [1.29, 1.82) is 0 Å². The molecule has 74 valence electrons. The number of nitrogens with zero attached hydrogens (tertiary/aromatic N) is 1. The molecule has 1 aliphatic rings. The van der Waals surface area contributed by atoms with Crippen LogP contribution >= 0.6 is 0 Å². The maximum Gasteiger partial charge on any atom is 0.272 e. The molecule has 1 aliphatic heterocycles. The number of likely N-dealkylation sites (tertiary alicyclic amines) is 1. The van der Waals surface area contributed by atoms with E-state index in [1.807, 2.05) is 0 Å². The summed E-state index contributed by atoms with van der Waals surface area (Å²) < 4.78 is 24.6. The average molecular weight is 190 g/mol. The molecule has 1 N–H and O–H groups in total. The summed E-state index contributed by atoms with van der Waals surface area (Å²) in [6.07, 6.45) is 2.92. The zero-order valence-corrected chi connectivity index (χ0v) is 7.39. The Labute approximate surface area is 75.4 Å². The van der Waals surface area contributed by atoms with Gasteiger partial charge in [0.1, 0.15) is 0 Å². The van der Waals surface area contributed by atoms with Crippen molar-refractivity contribution in [2.45, 2.75) is 5.92 Å². The fourth-order valence-corrected chi connectivity index (χ4v) is 1.13. The Morgan fingerprint density at radius 3 is 2.69 bits per heavy atom. The SMILES string of the molecule is CNC(=O)/C=C/CN1CC(F)(F)C1. The fourth-order valence-electron chi connectivity index (χ4n) is 1.13. The van der Waals surface area contributed by atoms with Gasteiger partial charge in [0, 0.05) is 19.7 Å². The number of likely N-dealkylation sites (N-methyl/N-ethyl adjacent to an activating group) is 1. The normalized spacial score (nSPS) is 21.5. The summed E-state index contributed by atoms with van der Waals surface area (Å²) in [4.78, 5) is 12.2. The van der Waals surface area contributed by atoms with Crippen molar-refractivity contribution >= 4 is 5.91 Å². The molecule has 0 spiro atoms. The maximum atomic E-state index is 12.3. The van der Waals surface area contributed by atoms with Gasteiger partial charge in [0.2, 0.25) is 5.91 Å². The second-order valence-corrected chi connectivity index (χ2v) is 3.04. The van der Waals surface area contributed by atoms with Crippen LogP contribution in [0.15, 0.2) is 12.2 Å². The van der Waals surface area contributed by atoms with Gasteiger partial charge in [-0.3, -0.25) is 9.69 Å². The summed E-state index contributed by atoms with van der Waals surface area (Å²) in [5, 5.41) is 2.40. The first-order valence-corrected chi connectivity index (χ1v) is 4.02. The van der Waals surface area contributed by atoms with Crippen molar-refractivity contribution in [2.75, 3.05) is 26.7 Å². The van der Waals surface area contributed by atoms with Crippen molar-refractivity contribution in [3.8, 4) is 0 Å². The van der Waals surface area contributed by atoms with Crippen LogP contribution in [0.25, 0.3) is 0 Å². The summed E-state index contributed by atoms with van der Waals surface area (Å²) >= 11 is 0. The van der Waals surface area contributed by atoms with E-state index >= 15 is 0 Å². The van der Waals surface area contributed by atoms with E-state index in [4.69, 9.17) is 0 Å². The van der Waals surface area contributed by atoms with Crippen LogP contribution in [0, 0.1) is 0 Å². The molecule has 0 radical (unpaired) electrons. The van der Waals surface area contributed by atoms with Gasteiger partial charge in [0.15, 0.2) is 0 Å². The first-order chi connectivity index (χ1) is 6.03. The molecule has 0 aromatic carbocycles. The van der Waals surface area contributed by atoms with Gasteiger partial charge in [-0.2, -0.15) is 0 Å². The molecule has 0 bridgehead atoms. The Hall–Kier alpha value is -0.970. The molecule has 0 unspecified atom stereocenters. The Morgan fingerprint density at radius 1 is 1.62 bits per heavy atom. The zero-order valence-electron chi connectivity index (χ0n) is 7.39. The number of carbonyl (C=O) groups is 1. The Bertz CT molecular complexity index is 220. The highest BCUT2D eigenvalue weighted by molar-refractivity contribution is 5.87. The molecule has 0 aliphatic carbocycles. The van der Waals surface area contributed by atoms with E-state index in [1.54, 1.807) is 11.0 Å². The molecule has 13 heavy (non-hydrogen) atoms. The summed E-state index contributed by atoms with van der Waals surface area (Å²) in [6, 6.07) is 0. The topological polar surface area (TPSA) is 32.3 Å². The lowest BCUT2D eigenvalue weighted by molar-refractivity contribution is -0.125. The number of nitrogens with one attached hydrogen (secondary N) is 1. The third-order valence-corrected chi connectivity index (χ3v) is 1.79. The molecular weight excluding hydrogens is 178 g/mol. The van der Waals surface area contributed by atoms with Crippen molar-refractivity contribution < 1.29 is 13.6 Å². The van der Waals surface area contributed by atoms with Crippen molar-refractivity contribution in [3.63, 3.8) is 0 Å². The van der Waals surface area contributed by atoms with E-state index in [0.717, 1.165) is 0 Å². The van der Waals surface area contributed by atoms with E-state index in [0.29, 0.717) is 6.54 Å². The third-order valence-electron chi connectivity index (χ3n) is 1.79. The molecule has 3 nitrogen and oxygen atoms in total. The highest BCUT2D eigenvalue weighted by atomic mass is 19.3. The van der Waals surface area contributed by atoms with E-state index < -0.39 is 5.92 Å². The molecule has 5 heteroatoms. The Kier molecular flexibility index (Phi) is 2.98. The molecule has 0 aromatic heterocycles. The van der Waals surface area contributed by atoms with Crippen LogP contribution in [0.3, 0.4) is 0 Å². The van der Waals surface area contributed by atoms with Crippen LogP contribution in [-0.2, 0) is 4.79 Å². The van der Waals surface area contributed by atoms with Gasteiger partial charge in [0.25, 0.3) is 5.92 Å². The molecule has 1 fully saturated rings. The zero-order chi connectivity index (χ0) is 9.90. The molecule has 1 heterocycles. The minimum Gasteiger partial charge on any atom is -0.356 e. The third kappa shape index (κ3) is 3.10. The predicted octanol–water partition coefficient (Wildman–Crippen LogP) is 0.239. The highest BCUT2D eigenvalue weighted by Crippen LogP contribution is 2.25. The molecule has 1 amide bonds. The summed E-state index contributed by atoms with van der Waals surface area (Å²) in [6.45, 7) is -0.000815. The first-order valence-electron chi connectivity index (χ1n) is 4.02. The minimum atomic E-state index is -2.53. The quantitative estimate of drug-likeness (QED) is 0.646. The largest absolute Gasteiger partial charge is 0.356 e. The second-order valence-electron chi connectivity index (χ2n) is 3.04. The van der Waals surface area contributed by atoms with E-state index in [1.165, 1.54) is 13.1 Å². The number of amides is 1. The Morgan fingerprint density at radius 2 is 2.23 bits per heavy atom. The number of alkyl halides is 2. The van der Waals surface area contributed by atoms with Crippen molar-refractivity contribution in [2.24, 2.45) is 0 Å². The van der Waals surface area contributed by atoms with Gasteiger partial charge in [-0.15, -0.1) is 0 Å². The van der Waals surface area contributed by atoms with Crippen LogP contribution in [0.1, 0.15) is 0 Å². The van der Waals surface area contributed by atoms with Crippen molar-refractivity contribution in [1.82, 2.24) is 10.2 Å². The van der Waals surface area contributed by atoms with Gasteiger partial charge in [0.05, 0.1) is 13.1 Å². The lowest BCUT2D eigenvalue weighted by Crippen LogP contribution is -2.55. The summed E-state index contributed by atoms with van der Waals surface area (Å²) in [5.41, 5.74) is 0. The highest BCUT2D eigenvalue weighted by Gasteiger charge is 2.42. The molecule has 0 atom stereocenters. The molecule has 1 saturated heterocycles. The minimum absolute atomic E-state index is 0.203. The summed E-state index contributed by atoms with van der Waals surface area (Å²) in [7, 11) is 1.52. The van der Waals surface area contributed by atoms with E-state index in [-0.39, 0.29) is 19.0 Å². The molecule has 1 rings (SSSR count). The standard InChI is InChI=1S/C8H12F2N2O/c1-11-7(13)3-2-4-12-5-8(9,10)6-12/h2-3H,4-6H2,1H3,(H,11,13)/b3-2+. The van der Waals surface area contributed by atoms with Gasteiger partial charge in [-0.05, 0) is 0 Å². The molecule has 0 saturated carbocycles. The number of rotatable bonds is 3. The first kappa shape index (κ1) is 10.1. The number of hydrogen-bond donors (Lipinski definition) is 1. The fraction of sp³-hybridized carbons (Fsp3) is 0.625. The number of carbonyl (C=O) groups excluding carboxylic acids is 1.